The number of nitrogens with zero attached hydrogens (tertiary/aromatic N) is 1. The van der Waals surface area contributed by atoms with Gasteiger partial charge < -0.3 is 9.73 Å². The first kappa shape index (κ1) is 20.8. The predicted molar refractivity (Wildman–Crippen MR) is 119 cm³/mol. The van der Waals surface area contributed by atoms with Gasteiger partial charge in [-0.1, -0.05) is 43.7 Å². The highest BCUT2D eigenvalue weighted by molar-refractivity contribution is 6.07. The molecule has 1 aromatic heterocycles. The van der Waals surface area contributed by atoms with Gasteiger partial charge in [-0.15, -0.1) is 0 Å². The first-order valence-corrected chi connectivity index (χ1v) is 10.4. The zero-order chi connectivity index (χ0) is 22.5. The molecule has 31 heavy (non-hydrogen) atoms. The Morgan fingerprint density at radius 2 is 1.71 bits per heavy atom. The van der Waals surface area contributed by atoms with Crippen LogP contribution in [0.1, 0.15) is 54.5 Å². The standard InChI is InChI=1S/C25H26N2O4/c1-14(2)19-12-20-17(11-22(28)31-21(20)10-16(19)4)13-27-23(29)25(5,26-24(27)30)18-8-6-15(3)7-9-18/h6-12,14H,13H2,1-5H3,(H,26,30)/t25-/m0/s1. The zero-order valence-corrected chi connectivity index (χ0v) is 18.4. The van der Waals surface area contributed by atoms with Gasteiger partial charge in [-0.05, 0) is 61.1 Å². The predicted octanol–water partition coefficient (Wildman–Crippen LogP) is 4.50. The first-order chi connectivity index (χ1) is 14.6. The molecule has 3 aromatic rings. The number of aryl methyl sites for hydroxylation is 2. The topological polar surface area (TPSA) is 79.6 Å². The molecule has 3 amide bonds. The summed E-state index contributed by atoms with van der Waals surface area (Å²) in [6.07, 6.45) is 0. The van der Waals surface area contributed by atoms with Crippen molar-refractivity contribution in [2.45, 2.75) is 52.6 Å². The number of urea groups is 1. The Hall–Kier alpha value is -3.41. The molecule has 0 bridgehead atoms. The molecule has 0 radical (unpaired) electrons. The number of imide groups is 1. The highest BCUT2D eigenvalue weighted by Gasteiger charge is 2.49. The van der Waals surface area contributed by atoms with Crippen molar-refractivity contribution in [3.8, 4) is 0 Å². The van der Waals surface area contributed by atoms with E-state index in [9.17, 15) is 14.4 Å². The van der Waals surface area contributed by atoms with Crippen LogP contribution in [0.25, 0.3) is 11.0 Å². The van der Waals surface area contributed by atoms with Crippen LogP contribution in [-0.2, 0) is 16.9 Å². The van der Waals surface area contributed by atoms with Crippen LogP contribution in [0.2, 0.25) is 0 Å². The molecule has 1 aliphatic rings. The molecule has 6 nitrogen and oxygen atoms in total. The molecule has 0 spiro atoms. The maximum absolute atomic E-state index is 13.3. The number of carbonyl (C=O) groups is 2. The molecule has 6 heteroatoms. The third kappa shape index (κ3) is 3.52. The van der Waals surface area contributed by atoms with Gasteiger partial charge in [0.2, 0.25) is 0 Å². The molecule has 0 aliphatic carbocycles. The number of fused-ring (bicyclic) bond motifs is 1. The van der Waals surface area contributed by atoms with E-state index >= 15 is 0 Å². The molecule has 2 heterocycles. The average Bonchev–Trinajstić information content (AvgIpc) is 2.91. The quantitative estimate of drug-likeness (QED) is 0.500. The van der Waals surface area contributed by atoms with E-state index in [1.807, 2.05) is 50.2 Å². The van der Waals surface area contributed by atoms with Gasteiger partial charge in [-0.25, -0.2) is 9.59 Å². The summed E-state index contributed by atoms with van der Waals surface area (Å²) in [4.78, 5) is 39.5. The number of benzene rings is 2. The van der Waals surface area contributed by atoms with Crippen molar-refractivity contribution in [3.63, 3.8) is 0 Å². The number of carbonyl (C=O) groups excluding carboxylic acids is 2. The third-order valence-electron chi connectivity index (χ3n) is 6.07. The van der Waals surface area contributed by atoms with Crippen molar-refractivity contribution in [1.29, 1.82) is 0 Å². The van der Waals surface area contributed by atoms with Gasteiger partial charge in [0.1, 0.15) is 11.1 Å². The number of hydrogen-bond donors (Lipinski definition) is 1. The fraction of sp³-hybridized carbons (Fsp3) is 0.320. The van der Waals surface area contributed by atoms with Crippen LogP contribution in [0.5, 0.6) is 0 Å². The van der Waals surface area contributed by atoms with Gasteiger partial charge in [0, 0.05) is 11.5 Å². The number of amides is 3. The van der Waals surface area contributed by atoms with Crippen LogP contribution in [0.15, 0.2) is 51.7 Å². The van der Waals surface area contributed by atoms with Crippen LogP contribution in [0, 0.1) is 13.8 Å². The maximum Gasteiger partial charge on any atom is 0.336 e. The van der Waals surface area contributed by atoms with Crippen LogP contribution in [-0.4, -0.2) is 16.8 Å². The lowest BCUT2D eigenvalue weighted by Crippen LogP contribution is -2.40. The molecule has 1 fully saturated rings. The Labute approximate surface area is 180 Å². The Morgan fingerprint density at radius 1 is 1.03 bits per heavy atom. The van der Waals surface area contributed by atoms with Gasteiger partial charge in [-0.3, -0.25) is 9.69 Å². The van der Waals surface area contributed by atoms with E-state index in [2.05, 4.69) is 19.2 Å². The van der Waals surface area contributed by atoms with E-state index in [1.54, 1.807) is 6.92 Å². The molecule has 2 aromatic carbocycles. The third-order valence-corrected chi connectivity index (χ3v) is 6.07. The van der Waals surface area contributed by atoms with Crippen LogP contribution in [0.3, 0.4) is 0 Å². The normalized spacial score (nSPS) is 18.8. The minimum atomic E-state index is -1.15. The Kier molecular flexibility index (Phi) is 4.96. The summed E-state index contributed by atoms with van der Waals surface area (Å²) in [7, 11) is 0. The molecule has 0 unspecified atom stereocenters. The smallest absolute Gasteiger partial charge is 0.336 e. The SMILES string of the molecule is Cc1ccc([C@]2(C)NC(=O)N(Cc3cc(=O)oc4cc(C)c(C(C)C)cc34)C2=O)cc1. The summed E-state index contributed by atoms with van der Waals surface area (Å²) >= 11 is 0. The number of hydrogen-bond acceptors (Lipinski definition) is 4. The molecule has 1 aliphatic heterocycles. The monoisotopic (exact) mass is 418 g/mol. The van der Waals surface area contributed by atoms with E-state index in [1.165, 1.54) is 11.0 Å². The summed E-state index contributed by atoms with van der Waals surface area (Å²) in [5.41, 5.74) is 3.33. The lowest BCUT2D eigenvalue weighted by atomic mass is 9.91. The summed E-state index contributed by atoms with van der Waals surface area (Å²) in [6.45, 7) is 9.83. The Morgan fingerprint density at radius 3 is 2.35 bits per heavy atom. The highest BCUT2D eigenvalue weighted by Crippen LogP contribution is 2.32. The van der Waals surface area contributed by atoms with Gasteiger partial charge in [0.05, 0.1) is 6.54 Å². The molecule has 1 atom stereocenters. The first-order valence-electron chi connectivity index (χ1n) is 10.4. The molecule has 1 N–H and O–H groups in total. The molecule has 0 saturated carbocycles. The largest absolute Gasteiger partial charge is 0.423 e. The second kappa shape index (κ2) is 7.38. The zero-order valence-electron chi connectivity index (χ0n) is 18.4. The van der Waals surface area contributed by atoms with Crippen LogP contribution in [0.4, 0.5) is 4.79 Å². The minimum absolute atomic E-state index is 0.00514. The molecule has 160 valence electrons. The van der Waals surface area contributed by atoms with E-state index in [4.69, 9.17) is 4.42 Å². The lowest BCUT2D eigenvalue weighted by Gasteiger charge is -2.22. The average molecular weight is 418 g/mol. The number of nitrogens with one attached hydrogen (secondary N) is 1. The molecule has 4 rings (SSSR count). The molecular weight excluding hydrogens is 392 g/mol. The fourth-order valence-electron chi connectivity index (χ4n) is 4.24. The fourth-order valence-corrected chi connectivity index (χ4v) is 4.24. The minimum Gasteiger partial charge on any atom is -0.423 e. The second-order valence-corrected chi connectivity index (χ2v) is 8.76. The maximum atomic E-state index is 13.3. The van der Waals surface area contributed by atoms with Crippen LogP contribution >= 0.6 is 0 Å². The number of rotatable bonds is 4. The van der Waals surface area contributed by atoms with Gasteiger partial charge in [-0.2, -0.15) is 0 Å². The van der Waals surface area contributed by atoms with Crippen LogP contribution < -0.4 is 10.9 Å². The Bertz CT molecular complexity index is 1260. The van der Waals surface area contributed by atoms with Gasteiger partial charge in [0.15, 0.2) is 0 Å². The van der Waals surface area contributed by atoms with Crippen molar-refractivity contribution < 1.29 is 14.0 Å². The summed E-state index contributed by atoms with van der Waals surface area (Å²) in [5.74, 6) is -0.0651. The van der Waals surface area contributed by atoms with Crippen molar-refractivity contribution in [2.75, 3.05) is 0 Å². The summed E-state index contributed by atoms with van der Waals surface area (Å²) < 4.78 is 5.40. The molecular formula is C25H26N2O4. The van der Waals surface area contributed by atoms with E-state index in [-0.39, 0.29) is 18.4 Å². The lowest BCUT2D eigenvalue weighted by molar-refractivity contribution is -0.131. The van der Waals surface area contributed by atoms with Crippen molar-refractivity contribution in [3.05, 3.63) is 80.7 Å². The van der Waals surface area contributed by atoms with Gasteiger partial charge in [0.25, 0.3) is 5.91 Å². The Balaban J connectivity index is 1.76. The summed E-state index contributed by atoms with van der Waals surface area (Å²) in [5, 5.41) is 3.56. The highest BCUT2D eigenvalue weighted by atomic mass is 16.4. The molecule has 1 saturated heterocycles. The van der Waals surface area contributed by atoms with Crippen molar-refractivity contribution in [2.24, 2.45) is 0 Å². The van der Waals surface area contributed by atoms with E-state index < -0.39 is 17.2 Å². The van der Waals surface area contributed by atoms with Crippen molar-refractivity contribution >= 4 is 22.9 Å². The van der Waals surface area contributed by atoms with Gasteiger partial charge >= 0.3 is 11.7 Å². The second-order valence-electron chi connectivity index (χ2n) is 8.76. The summed E-state index contributed by atoms with van der Waals surface area (Å²) in [6, 6.07) is 12.2. The van der Waals surface area contributed by atoms with E-state index in [0.717, 1.165) is 22.1 Å². The van der Waals surface area contributed by atoms with Crippen molar-refractivity contribution in [1.82, 2.24) is 10.2 Å². The van der Waals surface area contributed by atoms with E-state index in [0.29, 0.717) is 16.7 Å².